The molecule has 2 N–H and O–H groups in total. The number of ether oxygens (including phenoxy) is 1. The molecule has 0 radical (unpaired) electrons. The predicted octanol–water partition coefficient (Wildman–Crippen LogP) is 1.49. The minimum absolute atomic E-state index is 0.0223. The van der Waals surface area contributed by atoms with Crippen molar-refractivity contribution in [2.45, 2.75) is 19.1 Å². The summed E-state index contributed by atoms with van der Waals surface area (Å²) in [6.45, 7) is 0. The molecule has 6 nitrogen and oxygen atoms in total. The van der Waals surface area contributed by atoms with Gasteiger partial charge in [-0.25, -0.2) is 0 Å². The molecule has 0 saturated carbocycles. The molecule has 0 aliphatic carbocycles. The van der Waals surface area contributed by atoms with E-state index in [9.17, 15) is 9.59 Å². The first-order chi connectivity index (χ1) is 10.7. The summed E-state index contributed by atoms with van der Waals surface area (Å²) in [5.41, 5.74) is 1.50. The highest BCUT2D eigenvalue weighted by atomic mass is 16.5. The van der Waals surface area contributed by atoms with Crippen LogP contribution in [-0.2, 0) is 16.0 Å². The molecular weight excluding hydrogens is 282 g/mol. The van der Waals surface area contributed by atoms with Crippen molar-refractivity contribution in [1.29, 1.82) is 0 Å². The van der Waals surface area contributed by atoms with Crippen molar-refractivity contribution in [3.05, 3.63) is 54.4 Å². The summed E-state index contributed by atoms with van der Waals surface area (Å²) in [6, 6.07) is 10.7. The zero-order valence-corrected chi connectivity index (χ0v) is 11.8. The number of carbonyl (C=O) groups excluding carboxylic acids is 2. The van der Waals surface area contributed by atoms with E-state index < -0.39 is 0 Å². The highest BCUT2D eigenvalue weighted by molar-refractivity contribution is 5.92. The monoisotopic (exact) mass is 297 g/mol. The van der Waals surface area contributed by atoms with Crippen molar-refractivity contribution in [3.8, 4) is 5.75 Å². The van der Waals surface area contributed by atoms with Gasteiger partial charge >= 0.3 is 0 Å². The van der Waals surface area contributed by atoms with E-state index in [0.717, 1.165) is 5.56 Å². The number of carbonyl (C=O) groups is 2. The lowest BCUT2D eigenvalue weighted by Gasteiger charge is -2.27. The average molecular weight is 297 g/mol. The molecular formula is C16H15N3O3. The molecule has 1 aromatic carbocycles. The first-order valence-corrected chi connectivity index (χ1v) is 6.94. The number of amides is 2. The van der Waals surface area contributed by atoms with Crippen LogP contribution in [-0.4, -0.2) is 23.0 Å². The first kappa shape index (κ1) is 14.1. The van der Waals surface area contributed by atoms with Crippen molar-refractivity contribution in [3.63, 3.8) is 0 Å². The second-order valence-corrected chi connectivity index (χ2v) is 4.99. The number of rotatable bonds is 5. The number of aromatic nitrogens is 1. The summed E-state index contributed by atoms with van der Waals surface area (Å²) in [5, 5.41) is 5.44. The summed E-state index contributed by atoms with van der Waals surface area (Å²) < 4.78 is 5.57. The number of nitrogens with one attached hydrogen (secondary N) is 2. The zero-order valence-electron chi connectivity index (χ0n) is 11.8. The minimum Gasteiger partial charge on any atom is -0.470 e. The Hall–Kier alpha value is -2.89. The van der Waals surface area contributed by atoms with Gasteiger partial charge in [0.25, 0.3) is 0 Å². The van der Waals surface area contributed by atoms with Gasteiger partial charge in [-0.05, 0) is 23.8 Å². The van der Waals surface area contributed by atoms with Crippen LogP contribution in [0, 0.1) is 0 Å². The van der Waals surface area contributed by atoms with Crippen LogP contribution < -0.4 is 15.4 Å². The molecule has 1 aliphatic rings. The van der Waals surface area contributed by atoms with Gasteiger partial charge in [0.1, 0.15) is 5.75 Å². The van der Waals surface area contributed by atoms with Gasteiger partial charge in [-0.3, -0.25) is 14.6 Å². The van der Waals surface area contributed by atoms with Gasteiger partial charge in [-0.1, -0.05) is 12.1 Å². The Balaban J connectivity index is 1.57. The van der Waals surface area contributed by atoms with Crippen LogP contribution in [0.1, 0.15) is 12.0 Å². The number of benzene rings is 1. The third-order valence-corrected chi connectivity index (χ3v) is 3.18. The number of hydrogen-bond acceptors (Lipinski definition) is 4. The molecule has 1 atom stereocenters. The Bertz CT molecular complexity index is 680. The van der Waals surface area contributed by atoms with Crippen LogP contribution in [0.25, 0.3) is 0 Å². The molecule has 22 heavy (non-hydrogen) atoms. The quantitative estimate of drug-likeness (QED) is 0.819. The van der Waals surface area contributed by atoms with E-state index in [4.69, 9.17) is 4.74 Å². The summed E-state index contributed by atoms with van der Waals surface area (Å²) in [7, 11) is 0. The van der Waals surface area contributed by atoms with Crippen LogP contribution in [0.5, 0.6) is 5.75 Å². The van der Waals surface area contributed by atoms with E-state index in [-0.39, 0.29) is 24.5 Å². The minimum atomic E-state index is -0.283. The lowest BCUT2D eigenvalue weighted by Crippen LogP contribution is -2.51. The number of anilines is 1. The first-order valence-electron chi connectivity index (χ1n) is 6.94. The van der Waals surface area contributed by atoms with E-state index in [0.29, 0.717) is 17.9 Å². The summed E-state index contributed by atoms with van der Waals surface area (Å²) in [6.07, 6.45) is 3.67. The number of nitrogens with zero attached hydrogens (tertiary/aromatic N) is 1. The fourth-order valence-electron chi connectivity index (χ4n) is 2.10. The van der Waals surface area contributed by atoms with E-state index in [1.54, 1.807) is 42.7 Å². The molecule has 2 aromatic rings. The van der Waals surface area contributed by atoms with Gasteiger partial charge in [0.15, 0.2) is 6.23 Å². The summed E-state index contributed by atoms with van der Waals surface area (Å²) in [5.74, 6) is 0.456. The van der Waals surface area contributed by atoms with Crippen molar-refractivity contribution >= 4 is 17.5 Å². The molecule has 6 heteroatoms. The van der Waals surface area contributed by atoms with Crippen LogP contribution in [0.3, 0.4) is 0 Å². The molecule has 1 aromatic heterocycles. The Morgan fingerprint density at radius 3 is 2.95 bits per heavy atom. The third kappa shape index (κ3) is 3.60. The second-order valence-electron chi connectivity index (χ2n) is 4.99. The van der Waals surface area contributed by atoms with Crippen molar-refractivity contribution in [1.82, 2.24) is 10.3 Å². The van der Waals surface area contributed by atoms with Crippen LogP contribution >= 0.6 is 0 Å². The average Bonchev–Trinajstić information content (AvgIpc) is 2.47. The SMILES string of the molecule is O=C(Cc1cccnc1)Nc1cccc(O[C@H]2CC(=O)N2)c1. The second kappa shape index (κ2) is 6.26. The van der Waals surface area contributed by atoms with Gasteiger partial charge in [0.2, 0.25) is 11.8 Å². The van der Waals surface area contributed by atoms with E-state index in [1.807, 2.05) is 6.07 Å². The molecule has 0 unspecified atom stereocenters. The number of hydrogen-bond donors (Lipinski definition) is 2. The van der Waals surface area contributed by atoms with Gasteiger partial charge in [-0.15, -0.1) is 0 Å². The predicted molar refractivity (Wildman–Crippen MR) is 80.2 cm³/mol. The normalized spacial score (nSPS) is 16.4. The van der Waals surface area contributed by atoms with E-state index in [2.05, 4.69) is 15.6 Å². The van der Waals surface area contributed by atoms with Gasteiger partial charge in [0, 0.05) is 24.1 Å². The fraction of sp³-hybridized carbons (Fsp3) is 0.188. The molecule has 1 fully saturated rings. The van der Waals surface area contributed by atoms with Crippen molar-refractivity contribution in [2.24, 2.45) is 0 Å². The highest BCUT2D eigenvalue weighted by Gasteiger charge is 2.26. The maximum atomic E-state index is 12.0. The molecule has 2 heterocycles. The summed E-state index contributed by atoms with van der Waals surface area (Å²) in [4.78, 5) is 26.8. The maximum Gasteiger partial charge on any atom is 0.228 e. The molecule has 1 saturated heterocycles. The molecule has 2 amide bonds. The Morgan fingerprint density at radius 1 is 1.36 bits per heavy atom. The lowest BCUT2D eigenvalue weighted by molar-refractivity contribution is -0.134. The van der Waals surface area contributed by atoms with Gasteiger partial charge in [0.05, 0.1) is 12.8 Å². The number of pyridine rings is 1. The fourth-order valence-corrected chi connectivity index (χ4v) is 2.10. The lowest BCUT2D eigenvalue weighted by atomic mass is 10.2. The van der Waals surface area contributed by atoms with E-state index >= 15 is 0 Å². The van der Waals surface area contributed by atoms with Crippen LogP contribution in [0.4, 0.5) is 5.69 Å². The van der Waals surface area contributed by atoms with Crippen molar-refractivity contribution < 1.29 is 14.3 Å². The zero-order chi connectivity index (χ0) is 15.4. The molecule has 0 bridgehead atoms. The van der Waals surface area contributed by atoms with Crippen LogP contribution in [0.2, 0.25) is 0 Å². The Labute approximate surface area is 127 Å². The smallest absolute Gasteiger partial charge is 0.228 e. The van der Waals surface area contributed by atoms with E-state index in [1.165, 1.54) is 0 Å². The molecule has 0 spiro atoms. The maximum absolute atomic E-state index is 12.0. The Kier molecular flexibility index (Phi) is 4.00. The standard InChI is InChI=1S/C16H15N3O3/c20-14(7-11-3-2-6-17-10-11)18-12-4-1-5-13(8-12)22-16-9-15(21)19-16/h1-6,8,10,16H,7,9H2,(H,18,20)(H,19,21)/t16-/m0/s1. The highest BCUT2D eigenvalue weighted by Crippen LogP contribution is 2.20. The van der Waals surface area contributed by atoms with Gasteiger partial charge < -0.3 is 15.4 Å². The molecule has 3 rings (SSSR count). The molecule has 1 aliphatic heterocycles. The third-order valence-electron chi connectivity index (χ3n) is 3.18. The van der Waals surface area contributed by atoms with Crippen molar-refractivity contribution in [2.75, 3.05) is 5.32 Å². The Morgan fingerprint density at radius 2 is 2.23 bits per heavy atom. The summed E-state index contributed by atoms with van der Waals surface area (Å²) >= 11 is 0. The topological polar surface area (TPSA) is 80.3 Å². The number of β-lactam (4-membered cyclic amide) rings is 1. The molecule has 112 valence electrons. The van der Waals surface area contributed by atoms with Gasteiger partial charge in [-0.2, -0.15) is 0 Å². The van der Waals surface area contributed by atoms with Crippen LogP contribution in [0.15, 0.2) is 48.8 Å². The largest absolute Gasteiger partial charge is 0.470 e.